The van der Waals surface area contributed by atoms with Crippen LogP contribution in [0.5, 0.6) is 0 Å². The molecular formula is C47H70N8O9S. The fourth-order valence-corrected chi connectivity index (χ4v) is 9.07. The number of carboxylic acids is 1. The summed E-state index contributed by atoms with van der Waals surface area (Å²) in [5, 5.41) is 26.3. The summed E-state index contributed by atoms with van der Waals surface area (Å²) >= 11 is 1.17. The normalized spacial score (nSPS) is 16.7. The molecule has 3 N–H and O–H groups in total. The number of amides is 3. The number of piperidine rings is 1. The van der Waals surface area contributed by atoms with Crippen molar-refractivity contribution in [3.63, 3.8) is 0 Å². The van der Waals surface area contributed by atoms with E-state index in [9.17, 15) is 29.1 Å². The number of esters is 1. The van der Waals surface area contributed by atoms with E-state index in [0.717, 1.165) is 30.5 Å². The van der Waals surface area contributed by atoms with Crippen molar-refractivity contribution >= 4 is 47.5 Å². The van der Waals surface area contributed by atoms with Crippen LogP contribution in [0.1, 0.15) is 138 Å². The predicted octanol–water partition coefficient (Wildman–Crippen LogP) is 5.90. The molecule has 0 unspecified atom stereocenters. The Balaban J connectivity index is 1.63. The van der Waals surface area contributed by atoms with E-state index >= 15 is 4.79 Å². The third-order valence-electron chi connectivity index (χ3n) is 12.3. The Morgan fingerprint density at radius 2 is 1.80 bits per heavy atom. The Morgan fingerprint density at radius 3 is 2.43 bits per heavy atom. The Bertz CT molecular complexity index is 2040. The summed E-state index contributed by atoms with van der Waals surface area (Å²) in [5.74, 6) is -2.77. The number of nitrogens with zero attached hydrogens (tertiary/aromatic N) is 6. The summed E-state index contributed by atoms with van der Waals surface area (Å²) in [6, 6.07) is 5.68. The first kappa shape index (κ1) is 52.4. The minimum atomic E-state index is -1.12. The number of unbranched alkanes of at least 4 members (excludes halogenated alkanes) is 1. The van der Waals surface area contributed by atoms with Gasteiger partial charge in [0, 0.05) is 37.4 Å². The number of ether oxygens (including phenoxy) is 2. The van der Waals surface area contributed by atoms with Crippen LogP contribution in [-0.4, -0.2) is 115 Å². The number of likely N-dealkylation sites (tertiary alicyclic amines) is 1. The number of likely N-dealkylation sites (N-methyl/N-ethyl adjacent to an activating group) is 1. The number of nitrogens with one attached hydrogen (secondary N) is 2. The quantitative estimate of drug-likeness (QED) is 0.0487. The van der Waals surface area contributed by atoms with Crippen molar-refractivity contribution in [1.82, 2.24) is 40.4 Å². The molecule has 0 spiro atoms. The van der Waals surface area contributed by atoms with Crippen LogP contribution in [0.2, 0.25) is 0 Å². The monoisotopic (exact) mass is 922 g/mol. The van der Waals surface area contributed by atoms with Gasteiger partial charge in [0.05, 0.1) is 23.3 Å². The van der Waals surface area contributed by atoms with Crippen LogP contribution >= 0.6 is 11.3 Å². The first-order valence-electron chi connectivity index (χ1n) is 22.8. The number of thiazole rings is 1. The predicted molar refractivity (Wildman–Crippen MR) is 246 cm³/mol. The lowest BCUT2D eigenvalue weighted by atomic mass is 9.84. The van der Waals surface area contributed by atoms with Crippen LogP contribution in [-0.2, 0) is 53.0 Å². The minimum Gasteiger partial charge on any atom is -0.481 e. The van der Waals surface area contributed by atoms with Crippen LogP contribution < -0.4 is 10.6 Å². The minimum absolute atomic E-state index is 0.0529. The molecule has 1 aliphatic heterocycles. The fourth-order valence-electron chi connectivity index (χ4n) is 8.23. The number of aromatic nitrogens is 4. The van der Waals surface area contributed by atoms with Gasteiger partial charge < -0.3 is 30.1 Å². The summed E-state index contributed by atoms with van der Waals surface area (Å²) in [6.07, 6.45) is 6.56. The van der Waals surface area contributed by atoms with Gasteiger partial charge in [0.2, 0.25) is 11.8 Å². The second-order valence-electron chi connectivity index (χ2n) is 18.5. The van der Waals surface area contributed by atoms with Gasteiger partial charge in [-0.2, -0.15) is 0 Å². The van der Waals surface area contributed by atoms with Gasteiger partial charge in [-0.1, -0.05) is 75.6 Å². The number of hydrogen-bond donors (Lipinski definition) is 3. The molecule has 3 amide bonds. The number of carbonyl (C=O) groups excluding carboxylic acids is 5. The molecule has 358 valence electrons. The maximum absolute atomic E-state index is 15.1. The number of carbonyl (C=O) groups is 6. The van der Waals surface area contributed by atoms with E-state index in [2.05, 4.69) is 20.9 Å². The third kappa shape index (κ3) is 15.7. The van der Waals surface area contributed by atoms with Crippen molar-refractivity contribution in [2.24, 2.45) is 17.3 Å². The van der Waals surface area contributed by atoms with Gasteiger partial charge in [0.25, 0.3) is 12.4 Å². The highest BCUT2D eigenvalue weighted by Crippen LogP contribution is 2.32. The number of rotatable bonds is 26. The highest BCUT2D eigenvalue weighted by molar-refractivity contribution is 7.09. The van der Waals surface area contributed by atoms with Gasteiger partial charge in [-0.05, 0) is 96.7 Å². The van der Waals surface area contributed by atoms with Crippen LogP contribution in [0.3, 0.4) is 0 Å². The van der Waals surface area contributed by atoms with E-state index in [0.29, 0.717) is 62.2 Å². The van der Waals surface area contributed by atoms with Crippen molar-refractivity contribution in [2.45, 2.75) is 157 Å². The molecule has 1 aliphatic rings. The lowest BCUT2D eigenvalue weighted by Crippen LogP contribution is -2.59. The number of aryl methyl sites for hydroxylation is 2. The third-order valence-corrected chi connectivity index (χ3v) is 13.2. The average molecular weight is 923 g/mol. The van der Waals surface area contributed by atoms with Crippen LogP contribution in [0.25, 0.3) is 0 Å². The fraction of sp³-hybridized carbons (Fsp3) is 0.638. The second-order valence-corrected chi connectivity index (χ2v) is 19.4. The van der Waals surface area contributed by atoms with E-state index in [4.69, 9.17) is 14.5 Å². The molecule has 0 radical (unpaired) electrons. The van der Waals surface area contributed by atoms with Crippen molar-refractivity contribution in [3.8, 4) is 0 Å². The van der Waals surface area contributed by atoms with E-state index in [1.54, 1.807) is 25.4 Å². The Morgan fingerprint density at radius 1 is 1.08 bits per heavy atom. The number of aliphatic carboxylic acids is 1. The summed E-state index contributed by atoms with van der Waals surface area (Å²) < 4.78 is 12.2. The molecule has 1 aromatic carbocycles. The molecule has 18 heteroatoms. The Kier molecular flexibility index (Phi) is 20.1. The molecule has 1 saturated heterocycles. The molecule has 2 aromatic heterocycles. The van der Waals surface area contributed by atoms with Gasteiger partial charge in [0.1, 0.15) is 16.7 Å². The topological polar surface area (TPSA) is 215 Å². The van der Waals surface area contributed by atoms with Gasteiger partial charge >= 0.3 is 11.9 Å². The zero-order valence-corrected chi connectivity index (χ0v) is 40.4. The lowest BCUT2D eigenvalue weighted by Gasteiger charge is -2.40. The highest BCUT2D eigenvalue weighted by Gasteiger charge is 2.39. The van der Waals surface area contributed by atoms with Gasteiger partial charge in [0.15, 0.2) is 12.8 Å². The first-order chi connectivity index (χ1) is 30.8. The van der Waals surface area contributed by atoms with E-state index in [1.165, 1.54) is 22.9 Å². The lowest BCUT2D eigenvalue weighted by molar-refractivity contribution is -0.150. The van der Waals surface area contributed by atoms with Gasteiger partial charge in [-0.3, -0.25) is 33.7 Å². The van der Waals surface area contributed by atoms with Crippen molar-refractivity contribution < 1.29 is 43.3 Å². The zero-order chi connectivity index (χ0) is 47.8. The molecule has 17 nitrogen and oxygen atoms in total. The maximum atomic E-state index is 15.1. The molecule has 0 saturated carbocycles. The van der Waals surface area contributed by atoms with Crippen molar-refractivity contribution in [2.75, 3.05) is 20.1 Å². The van der Waals surface area contributed by atoms with Crippen LogP contribution in [0, 0.1) is 24.2 Å². The van der Waals surface area contributed by atoms with Crippen LogP contribution in [0.4, 0.5) is 0 Å². The maximum Gasteiger partial charge on any atom is 0.309 e. The number of hydrogen-bond acceptors (Lipinski definition) is 13. The molecule has 65 heavy (non-hydrogen) atoms. The highest BCUT2D eigenvalue weighted by atomic mass is 32.1. The molecular weight excluding hydrogens is 853 g/mol. The molecule has 3 heterocycles. The van der Waals surface area contributed by atoms with Gasteiger partial charge in [-0.15, -0.1) is 16.4 Å². The smallest absolute Gasteiger partial charge is 0.309 e. The van der Waals surface area contributed by atoms with E-state index < -0.39 is 47.5 Å². The summed E-state index contributed by atoms with van der Waals surface area (Å²) in [5.41, 5.74) is 1.70. The van der Waals surface area contributed by atoms with E-state index in [-0.39, 0.29) is 55.0 Å². The van der Waals surface area contributed by atoms with Crippen molar-refractivity contribution in [1.29, 1.82) is 0 Å². The standard InChI is InChI=1S/C47H70N8O9S/c1-10-32(5)41(50-43(59)38-16-12-13-21-53(38)9)45(60)55(22-14-11-15-35-26-54(52-51-35)28-63-29-56)39(30(2)3)24-40(64-33(6)57)44-49-37(27-65-44)42(58)48-36(25-47(7,8)46(61)62)23-34-19-17-31(4)18-20-34/h17-20,26-27,29-30,32,36,38-41H,10-16,21-25,28H2,1-9H3,(H,48,58)(H,50,59)(H,61,62)/t32-,36-,38+,39+,40+,41-/m0/s1. The number of carboxylic acid groups (broad SMARTS) is 1. The zero-order valence-electron chi connectivity index (χ0n) is 39.6. The largest absolute Gasteiger partial charge is 0.481 e. The molecule has 0 aliphatic carbocycles. The van der Waals surface area contributed by atoms with Gasteiger partial charge in [-0.25, -0.2) is 9.67 Å². The Hall–Kier alpha value is -5.23. The average Bonchev–Trinajstić information content (AvgIpc) is 3.94. The molecule has 0 bridgehead atoms. The van der Waals surface area contributed by atoms with Crippen LogP contribution in [0.15, 0.2) is 35.8 Å². The van der Waals surface area contributed by atoms with Crippen molar-refractivity contribution in [3.05, 3.63) is 63.4 Å². The summed E-state index contributed by atoms with van der Waals surface area (Å²) in [7, 11) is 1.94. The summed E-state index contributed by atoms with van der Waals surface area (Å²) in [4.78, 5) is 87.0. The number of benzene rings is 1. The SMILES string of the molecule is CC[C@H](C)[C@H](NC(=O)[C@H]1CCCCN1C)C(=O)N(CCCCc1cn(COC=O)nn1)[C@H](C[C@@H](OC(C)=O)c1nc(C(=O)N[C@@H](Cc2ccc(C)cc2)CC(C)(C)C(=O)O)cs1)C(C)C. The molecule has 1 fully saturated rings. The Labute approximate surface area is 387 Å². The molecule has 3 aromatic rings. The summed E-state index contributed by atoms with van der Waals surface area (Å²) in [6.45, 7) is 15.9. The first-order valence-corrected chi connectivity index (χ1v) is 23.7. The second kappa shape index (κ2) is 24.9. The molecule has 4 rings (SSSR count). The molecule has 6 atom stereocenters. The van der Waals surface area contributed by atoms with E-state index in [1.807, 2.05) is 75.7 Å².